The lowest BCUT2D eigenvalue weighted by Crippen LogP contribution is -2.28. The number of benzene rings is 1. The van der Waals surface area contributed by atoms with Crippen molar-refractivity contribution < 1.29 is 19.1 Å². The first-order valence-corrected chi connectivity index (χ1v) is 7.89. The minimum absolute atomic E-state index is 0. The van der Waals surface area contributed by atoms with Crippen LogP contribution in [0.2, 0.25) is 0 Å². The maximum absolute atomic E-state index is 12.3. The van der Waals surface area contributed by atoms with E-state index in [0.717, 1.165) is 13.1 Å². The first-order valence-electron chi connectivity index (χ1n) is 7.89. The van der Waals surface area contributed by atoms with Crippen molar-refractivity contribution >= 4 is 30.0 Å². The van der Waals surface area contributed by atoms with Gasteiger partial charge in [-0.05, 0) is 39.1 Å². The molecule has 0 aliphatic carbocycles. The highest BCUT2D eigenvalue weighted by atomic mass is 35.5. The molecular formula is C17H27ClN2O4. The number of nitrogen functional groups attached to an aromatic ring is 1. The molecule has 0 atom stereocenters. The average molecular weight is 359 g/mol. The summed E-state index contributed by atoms with van der Waals surface area (Å²) >= 11 is 0. The molecule has 0 unspecified atom stereocenters. The average Bonchev–Trinajstić information content (AvgIpc) is 2.50. The molecule has 0 radical (unpaired) electrons. The molecule has 6 nitrogen and oxygen atoms in total. The standard InChI is InChI=1S/C17H26N2O4.ClH/c1-5-19(6-2)10-11-22-17(21)15-13(8-7-9-14(15)18)16(20)23-12(3)4;/h7-9,12H,5-6,10-11,18H2,1-4H3;1H. The van der Waals surface area contributed by atoms with Crippen LogP contribution in [0.4, 0.5) is 5.69 Å². The number of carbonyl (C=O) groups excluding carboxylic acids is 2. The Kier molecular flexibility index (Phi) is 10.1. The third kappa shape index (κ3) is 6.37. The van der Waals surface area contributed by atoms with Gasteiger partial charge in [-0.3, -0.25) is 0 Å². The maximum atomic E-state index is 12.3. The molecule has 0 bridgehead atoms. The molecule has 1 aromatic rings. The van der Waals surface area contributed by atoms with E-state index in [-0.39, 0.29) is 41.9 Å². The monoisotopic (exact) mass is 358 g/mol. The van der Waals surface area contributed by atoms with Gasteiger partial charge in [0, 0.05) is 12.2 Å². The molecule has 0 aliphatic rings. The number of carbonyl (C=O) groups is 2. The van der Waals surface area contributed by atoms with Crippen molar-refractivity contribution in [3.63, 3.8) is 0 Å². The van der Waals surface area contributed by atoms with Crippen LogP contribution in [-0.4, -0.2) is 49.2 Å². The number of nitrogens with two attached hydrogens (primary N) is 1. The van der Waals surface area contributed by atoms with Crippen LogP contribution in [0.5, 0.6) is 0 Å². The smallest absolute Gasteiger partial charge is 0.341 e. The highest BCUT2D eigenvalue weighted by Gasteiger charge is 2.22. The predicted molar refractivity (Wildman–Crippen MR) is 96.7 cm³/mol. The molecule has 0 saturated carbocycles. The van der Waals surface area contributed by atoms with Gasteiger partial charge < -0.3 is 20.1 Å². The molecule has 0 aromatic heterocycles. The molecule has 1 rings (SSSR count). The molecule has 0 saturated heterocycles. The molecule has 24 heavy (non-hydrogen) atoms. The van der Waals surface area contributed by atoms with Gasteiger partial charge in [0.2, 0.25) is 0 Å². The molecule has 2 N–H and O–H groups in total. The lowest BCUT2D eigenvalue weighted by Gasteiger charge is -2.18. The zero-order valence-corrected chi connectivity index (χ0v) is 15.5. The summed E-state index contributed by atoms with van der Waals surface area (Å²) in [5, 5.41) is 0. The first kappa shape index (κ1) is 22.2. The molecule has 0 heterocycles. The zero-order chi connectivity index (χ0) is 17.4. The zero-order valence-electron chi connectivity index (χ0n) is 14.7. The first-order chi connectivity index (χ1) is 10.9. The number of esters is 2. The molecule has 0 amide bonds. The Labute approximate surface area is 149 Å². The fraction of sp³-hybridized carbons (Fsp3) is 0.529. The van der Waals surface area contributed by atoms with E-state index >= 15 is 0 Å². The van der Waals surface area contributed by atoms with E-state index in [1.54, 1.807) is 26.0 Å². The normalized spacial score (nSPS) is 10.4. The van der Waals surface area contributed by atoms with Crippen LogP contribution in [-0.2, 0) is 9.47 Å². The van der Waals surface area contributed by atoms with E-state index in [2.05, 4.69) is 4.90 Å². The lowest BCUT2D eigenvalue weighted by molar-refractivity contribution is 0.0357. The van der Waals surface area contributed by atoms with Crippen LogP contribution in [0.1, 0.15) is 48.4 Å². The van der Waals surface area contributed by atoms with Gasteiger partial charge in [0.25, 0.3) is 0 Å². The Morgan fingerprint density at radius 3 is 2.33 bits per heavy atom. The summed E-state index contributed by atoms with van der Waals surface area (Å²) in [5.41, 5.74) is 6.26. The van der Waals surface area contributed by atoms with Crippen molar-refractivity contribution in [1.29, 1.82) is 0 Å². The van der Waals surface area contributed by atoms with Gasteiger partial charge in [-0.2, -0.15) is 0 Å². The number of rotatable bonds is 8. The van der Waals surface area contributed by atoms with Crippen molar-refractivity contribution in [2.45, 2.75) is 33.8 Å². The third-order valence-corrected chi connectivity index (χ3v) is 3.40. The second-order valence-electron chi connectivity index (χ2n) is 5.39. The number of halogens is 1. The van der Waals surface area contributed by atoms with Gasteiger partial charge in [-0.25, -0.2) is 9.59 Å². The Morgan fingerprint density at radius 2 is 1.79 bits per heavy atom. The van der Waals surface area contributed by atoms with E-state index in [1.807, 2.05) is 13.8 Å². The van der Waals surface area contributed by atoms with Crippen molar-refractivity contribution in [1.82, 2.24) is 4.90 Å². The quantitative estimate of drug-likeness (QED) is 0.568. The van der Waals surface area contributed by atoms with Crippen LogP contribution >= 0.6 is 12.4 Å². The molecule has 0 aliphatic heterocycles. The molecular weight excluding hydrogens is 332 g/mol. The van der Waals surface area contributed by atoms with Crippen molar-refractivity contribution in [2.24, 2.45) is 0 Å². The molecule has 1 aromatic carbocycles. The summed E-state index contributed by atoms with van der Waals surface area (Å²) in [6, 6.07) is 4.69. The second kappa shape index (κ2) is 10.9. The summed E-state index contributed by atoms with van der Waals surface area (Å²) in [5.74, 6) is -1.19. The van der Waals surface area contributed by atoms with E-state index in [1.165, 1.54) is 6.07 Å². The lowest BCUT2D eigenvalue weighted by atomic mass is 10.1. The fourth-order valence-corrected chi connectivity index (χ4v) is 2.13. The van der Waals surface area contributed by atoms with Gasteiger partial charge in [0.05, 0.1) is 17.2 Å². The van der Waals surface area contributed by atoms with Crippen LogP contribution in [0.25, 0.3) is 0 Å². The summed E-state index contributed by atoms with van der Waals surface area (Å²) in [6.45, 7) is 10.2. The Morgan fingerprint density at radius 1 is 1.17 bits per heavy atom. The molecule has 7 heteroatoms. The third-order valence-electron chi connectivity index (χ3n) is 3.40. The van der Waals surface area contributed by atoms with E-state index in [9.17, 15) is 9.59 Å². The number of hydrogen-bond acceptors (Lipinski definition) is 6. The number of likely N-dealkylation sites (N-methyl/N-ethyl adjacent to an activating group) is 1. The second-order valence-corrected chi connectivity index (χ2v) is 5.39. The summed E-state index contributed by atoms with van der Waals surface area (Å²) in [7, 11) is 0. The van der Waals surface area contributed by atoms with Crippen LogP contribution in [0.15, 0.2) is 18.2 Å². The minimum Gasteiger partial charge on any atom is -0.461 e. The minimum atomic E-state index is -0.606. The highest BCUT2D eigenvalue weighted by molar-refractivity contribution is 6.06. The van der Waals surface area contributed by atoms with Gasteiger partial charge in [0.15, 0.2) is 0 Å². The van der Waals surface area contributed by atoms with Gasteiger partial charge >= 0.3 is 11.9 Å². The number of ether oxygens (including phenoxy) is 2. The fourth-order valence-electron chi connectivity index (χ4n) is 2.13. The molecule has 0 spiro atoms. The SMILES string of the molecule is CCN(CC)CCOC(=O)c1c(N)cccc1C(=O)OC(C)C.Cl. The van der Waals surface area contributed by atoms with Gasteiger partial charge in [-0.1, -0.05) is 19.9 Å². The summed E-state index contributed by atoms with van der Waals surface area (Å²) in [4.78, 5) is 26.6. The van der Waals surface area contributed by atoms with E-state index in [0.29, 0.717) is 6.54 Å². The number of anilines is 1. The molecule has 0 fully saturated rings. The summed E-state index contributed by atoms with van der Waals surface area (Å²) < 4.78 is 10.4. The number of hydrogen-bond donors (Lipinski definition) is 1. The van der Waals surface area contributed by atoms with Crippen molar-refractivity contribution in [2.75, 3.05) is 32.0 Å². The van der Waals surface area contributed by atoms with Gasteiger partial charge in [0.1, 0.15) is 6.61 Å². The van der Waals surface area contributed by atoms with Crippen LogP contribution in [0.3, 0.4) is 0 Å². The Balaban J connectivity index is 0.00000529. The van der Waals surface area contributed by atoms with Crippen LogP contribution in [0, 0.1) is 0 Å². The predicted octanol–water partition coefficient (Wildman–Crippen LogP) is 2.75. The molecule has 136 valence electrons. The summed E-state index contributed by atoms with van der Waals surface area (Å²) in [6.07, 6.45) is -0.282. The van der Waals surface area contributed by atoms with E-state index < -0.39 is 11.9 Å². The highest BCUT2D eigenvalue weighted by Crippen LogP contribution is 2.20. The number of nitrogens with zero attached hydrogens (tertiary/aromatic N) is 1. The maximum Gasteiger partial charge on any atom is 0.341 e. The topological polar surface area (TPSA) is 81.9 Å². The van der Waals surface area contributed by atoms with Crippen molar-refractivity contribution in [3.8, 4) is 0 Å². The Hall–Kier alpha value is -1.79. The van der Waals surface area contributed by atoms with Crippen LogP contribution < -0.4 is 5.73 Å². The largest absolute Gasteiger partial charge is 0.461 e. The Bertz CT molecular complexity index is 545. The van der Waals surface area contributed by atoms with E-state index in [4.69, 9.17) is 15.2 Å². The van der Waals surface area contributed by atoms with Gasteiger partial charge in [-0.15, -0.1) is 12.4 Å². The van der Waals surface area contributed by atoms with Crippen molar-refractivity contribution in [3.05, 3.63) is 29.3 Å².